The van der Waals surface area contributed by atoms with Gasteiger partial charge in [-0.3, -0.25) is 4.79 Å². The summed E-state index contributed by atoms with van der Waals surface area (Å²) in [5, 5.41) is 0.977. The fourth-order valence-corrected chi connectivity index (χ4v) is 5.20. The molecule has 4 rings (SSSR count). The molecule has 152 valence electrons. The van der Waals surface area contributed by atoms with Crippen LogP contribution in [0.5, 0.6) is 0 Å². The molecule has 6 nitrogen and oxygen atoms in total. The van der Waals surface area contributed by atoms with Gasteiger partial charge in [-0.1, -0.05) is 0 Å². The predicted molar refractivity (Wildman–Crippen MR) is 111 cm³/mol. The zero-order valence-electron chi connectivity index (χ0n) is 16.9. The molecule has 3 aromatic rings. The minimum Gasteiger partial charge on any atom is -0.465 e. The topological polar surface area (TPSA) is 64.7 Å². The Labute approximate surface area is 173 Å². The summed E-state index contributed by atoms with van der Waals surface area (Å²) in [6.45, 7) is 2.00. The van der Waals surface area contributed by atoms with Crippen molar-refractivity contribution in [2.24, 2.45) is 0 Å². The van der Waals surface area contributed by atoms with Crippen LogP contribution in [0.4, 0.5) is 0 Å². The van der Waals surface area contributed by atoms with E-state index in [1.807, 2.05) is 29.1 Å². The molecule has 0 unspecified atom stereocenters. The lowest BCUT2D eigenvalue weighted by atomic mass is 9.95. The first-order chi connectivity index (χ1) is 14.0. The van der Waals surface area contributed by atoms with Crippen molar-refractivity contribution in [1.29, 1.82) is 0 Å². The van der Waals surface area contributed by atoms with Gasteiger partial charge in [-0.2, -0.15) is 0 Å². The average Bonchev–Trinajstić information content (AvgIpc) is 3.44. The van der Waals surface area contributed by atoms with Gasteiger partial charge in [0, 0.05) is 24.3 Å². The molecule has 3 heterocycles. The lowest BCUT2D eigenvalue weighted by molar-refractivity contribution is 0.0598. The van der Waals surface area contributed by atoms with E-state index >= 15 is 0 Å². The number of aryl methyl sites for hydroxylation is 2. The quantitative estimate of drug-likeness (QED) is 0.584. The number of fused-ring (bicyclic) bond motifs is 1. The summed E-state index contributed by atoms with van der Waals surface area (Å²) in [6.07, 6.45) is 8.21. The maximum Gasteiger partial charge on any atom is 0.341 e. The minimum atomic E-state index is -0.437. The second kappa shape index (κ2) is 7.91. The molecular weight excluding hydrogens is 388 g/mol. The van der Waals surface area contributed by atoms with Gasteiger partial charge in [0.25, 0.3) is 5.91 Å². The van der Waals surface area contributed by atoms with Crippen LogP contribution in [0, 0.1) is 6.92 Å². The van der Waals surface area contributed by atoms with Crippen LogP contribution < -0.4 is 0 Å². The van der Waals surface area contributed by atoms with E-state index in [9.17, 15) is 9.59 Å². The Bertz CT molecular complexity index is 1050. The third-order valence-corrected chi connectivity index (χ3v) is 6.62. The van der Waals surface area contributed by atoms with Crippen LogP contribution in [-0.2, 0) is 24.1 Å². The van der Waals surface area contributed by atoms with Gasteiger partial charge in [0.15, 0.2) is 0 Å². The van der Waals surface area contributed by atoms with Crippen LogP contribution in [0.25, 0.3) is 5.00 Å². The largest absolute Gasteiger partial charge is 0.465 e. The number of rotatable bonds is 5. The van der Waals surface area contributed by atoms with Crippen LogP contribution in [-0.4, -0.2) is 35.5 Å². The van der Waals surface area contributed by atoms with Gasteiger partial charge in [0.1, 0.15) is 22.1 Å². The number of amides is 1. The van der Waals surface area contributed by atoms with Crippen molar-refractivity contribution in [2.75, 3.05) is 14.2 Å². The molecule has 1 aliphatic carbocycles. The Morgan fingerprint density at radius 3 is 2.69 bits per heavy atom. The summed E-state index contributed by atoms with van der Waals surface area (Å²) in [5.74, 6) is 0.592. The maximum atomic E-state index is 13.5. The molecule has 3 aromatic heterocycles. The first-order valence-corrected chi connectivity index (χ1v) is 10.5. The van der Waals surface area contributed by atoms with E-state index in [2.05, 4.69) is 0 Å². The van der Waals surface area contributed by atoms with Crippen molar-refractivity contribution in [2.45, 2.75) is 39.2 Å². The molecule has 0 atom stereocenters. The van der Waals surface area contributed by atoms with Crippen LogP contribution in [0.3, 0.4) is 0 Å². The lowest BCUT2D eigenvalue weighted by Crippen LogP contribution is -2.27. The Hall–Kier alpha value is -2.80. The van der Waals surface area contributed by atoms with E-state index in [1.54, 1.807) is 36.3 Å². The number of ether oxygens (including phenoxy) is 1. The average molecular weight is 413 g/mol. The molecule has 0 saturated carbocycles. The lowest BCUT2D eigenvalue weighted by Gasteiger charge is -2.19. The van der Waals surface area contributed by atoms with Gasteiger partial charge < -0.3 is 18.6 Å². The summed E-state index contributed by atoms with van der Waals surface area (Å²) in [4.78, 5) is 28.3. The summed E-state index contributed by atoms with van der Waals surface area (Å²) in [5.41, 5.74) is 2.37. The number of esters is 1. The highest BCUT2D eigenvalue weighted by molar-refractivity contribution is 7.15. The number of hydrogen-bond acceptors (Lipinski definition) is 5. The zero-order chi connectivity index (χ0) is 20.5. The summed E-state index contributed by atoms with van der Waals surface area (Å²) in [7, 11) is 3.11. The Morgan fingerprint density at radius 2 is 1.97 bits per heavy atom. The predicted octanol–water partition coefficient (Wildman–Crippen LogP) is 4.38. The van der Waals surface area contributed by atoms with E-state index in [0.29, 0.717) is 17.1 Å². The third-order valence-electron chi connectivity index (χ3n) is 5.32. The number of carbonyl (C=O) groups is 2. The number of methoxy groups -OCH3 is 1. The monoisotopic (exact) mass is 412 g/mol. The Kier molecular flexibility index (Phi) is 5.32. The van der Waals surface area contributed by atoms with Gasteiger partial charge in [-0.25, -0.2) is 4.79 Å². The highest BCUT2D eigenvalue weighted by Gasteiger charge is 2.28. The molecule has 7 heteroatoms. The van der Waals surface area contributed by atoms with Gasteiger partial charge in [-0.15, -0.1) is 11.3 Å². The molecule has 29 heavy (non-hydrogen) atoms. The van der Waals surface area contributed by atoms with Crippen molar-refractivity contribution in [3.8, 4) is 5.00 Å². The molecule has 0 radical (unpaired) electrons. The van der Waals surface area contributed by atoms with Gasteiger partial charge >= 0.3 is 5.97 Å². The van der Waals surface area contributed by atoms with E-state index in [1.165, 1.54) is 24.0 Å². The van der Waals surface area contributed by atoms with Crippen molar-refractivity contribution in [3.63, 3.8) is 0 Å². The number of furan rings is 1. The summed E-state index contributed by atoms with van der Waals surface area (Å²) >= 11 is 1.72. The zero-order valence-corrected chi connectivity index (χ0v) is 17.7. The van der Waals surface area contributed by atoms with Crippen molar-refractivity contribution in [3.05, 3.63) is 63.7 Å². The molecule has 0 N–H and O–H groups in total. The van der Waals surface area contributed by atoms with Crippen molar-refractivity contribution < 1.29 is 18.7 Å². The number of aromatic nitrogens is 1. The number of hydrogen-bond donors (Lipinski definition) is 0. The first kappa shape index (κ1) is 19.5. The fourth-order valence-electron chi connectivity index (χ4n) is 3.85. The van der Waals surface area contributed by atoms with E-state index in [4.69, 9.17) is 9.15 Å². The molecule has 0 aliphatic heterocycles. The number of carbonyl (C=O) groups excluding carboxylic acids is 2. The van der Waals surface area contributed by atoms with Crippen molar-refractivity contribution >= 4 is 23.2 Å². The van der Waals surface area contributed by atoms with Crippen molar-refractivity contribution in [1.82, 2.24) is 9.47 Å². The molecule has 0 bridgehead atoms. The van der Waals surface area contributed by atoms with Crippen LogP contribution in [0.2, 0.25) is 0 Å². The number of thiophene rings is 1. The SMILES string of the molecule is COC(=O)c1cc(CN(C)C(=O)c2c(-n3cccc3)sc3c2CCCC3)oc1C. The van der Waals surface area contributed by atoms with E-state index < -0.39 is 5.97 Å². The molecule has 0 aromatic carbocycles. The van der Waals surface area contributed by atoms with E-state index in [0.717, 1.165) is 29.8 Å². The van der Waals surface area contributed by atoms with Gasteiger partial charge in [-0.05, 0) is 56.4 Å². The van der Waals surface area contributed by atoms with Crippen LogP contribution in [0.1, 0.15) is 55.5 Å². The maximum absolute atomic E-state index is 13.5. The summed E-state index contributed by atoms with van der Waals surface area (Å²) in [6, 6.07) is 5.59. The highest BCUT2D eigenvalue weighted by Crippen LogP contribution is 2.37. The normalized spacial score (nSPS) is 13.2. The Morgan fingerprint density at radius 1 is 1.24 bits per heavy atom. The minimum absolute atomic E-state index is 0.0261. The van der Waals surface area contributed by atoms with Crippen LogP contribution >= 0.6 is 11.3 Å². The summed E-state index contributed by atoms with van der Waals surface area (Å²) < 4.78 is 12.5. The number of nitrogens with zero attached hydrogens (tertiary/aromatic N) is 2. The van der Waals surface area contributed by atoms with Gasteiger partial charge in [0.05, 0.1) is 19.2 Å². The molecule has 1 amide bonds. The molecule has 0 saturated heterocycles. The molecule has 0 fully saturated rings. The first-order valence-electron chi connectivity index (χ1n) is 9.70. The molecule has 1 aliphatic rings. The third kappa shape index (κ3) is 3.62. The van der Waals surface area contributed by atoms with E-state index in [-0.39, 0.29) is 12.5 Å². The molecule has 0 spiro atoms. The fraction of sp³-hybridized carbons (Fsp3) is 0.364. The molecular formula is C22H24N2O4S. The smallest absolute Gasteiger partial charge is 0.341 e. The standard InChI is InChI=1S/C22H24N2O4S/c1-14-17(22(26)27-3)12-15(28-14)13-23(2)20(25)19-16-8-4-5-9-18(16)29-21(19)24-10-6-7-11-24/h6-7,10-12H,4-5,8-9,13H2,1-3H3. The second-order valence-electron chi connectivity index (χ2n) is 7.32. The Balaban J connectivity index is 1.64. The second-order valence-corrected chi connectivity index (χ2v) is 8.40. The van der Waals surface area contributed by atoms with Crippen LogP contribution in [0.15, 0.2) is 35.0 Å². The van der Waals surface area contributed by atoms with Gasteiger partial charge in [0.2, 0.25) is 0 Å². The highest BCUT2D eigenvalue weighted by atomic mass is 32.1.